The van der Waals surface area contributed by atoms with Gasteiger partial charge in [-0.1, -0.05) is 17.3 Å². The molecule has 0 aliphatic heterocycles. The molecule has 2 N–H and O–H groups in total. The number of carbonyl (C=O) groups is 1. The van der Waals surface area contributed by atoms with Crippen molar-refractivity contribution in [2.45, 2.75) is 45.0 Å². The Bertz CT molecular complexity index is 782. The quantitative estimate of drug-likeness (QED) is 0.878. The van der Waals surface area contributed by atoms with Gasteiger partial charge in [0.1, 0.15) is 0 Å². The van der Waals surface area contributed by atoms with Gasteiger partial charge in [0.15, 0.2) is 11.4 Å². The second-order valence-electron chi connectivity index (χ2n) is 6.38. The number of hydrogen-bond acceptors (Lipinski definition) is 5. The van der Waals surface area contributed by atoms with Gasteiger partial charge in [0.05, 0.1) is 11.1 Å². The van der Waals surface area contributed by atoms with Gasteiger partial charge in [-0.15, -0.1) is 0 Å². The van der Waals surface area contributed by atoms with Crippen molar-refractivity contribution in [2.24, 2.45) is 0 Å². The Morgan fingerprint density at radius 3 is 2.36 bits per heavy atom. The molecule has 1 aromatic carbocycles. The normalized spacial score (nSPS) is 14.9. The molecule has 25 heavy (non-hydrogen) atoms. The monoisotopic (exact) mass is 357 g/mol. The number of benzene rings is 1. The molecule has 2 rings (SSSR count). The lowest BCUT2D eigenvalue weighted by atomic mass is 9.94. The maximum Gasteiger partial charge on any atom is 0.416 e. The Balaban J connectivity index is 2.40. The summed E-state index contributed by atoms with van der Waals surface area (Å²) in [6, 6.07) is 4.24. The van der Waals surface area contributed by atoms with E-state index in [0.717, 1.165) is 12.1 Å². The molecule has 1 atom stereocenters. The number of hydrogen-bond donors (Lipinski definition) is 2. The maximum atomic E-state index is 12.9. The predicted octanol–water partition coefficient (Wildman–Crippen LogP) is 2.72. The van der Waals surface area contributed by atoms with Crippen LogP contribution in [0.15, 0.2) is 28.8 Å². The van der Waals surface area contributed by atoms with Crippen LogP contribution in [0.2, 0.25) is 0 Å². The van der Waals surface area contributed by atoms with E-state index in [9.17, 15) is 23.1 Å². The first-order chi connectivity index (χ1) is 11.3. The van der Waals surface area contributed by atoms with E-state index >= 15 is 0 Å². The van der Waals surface area contributed by atoms with Crippen LogP contribution < -0.4 is 5.32 Å². The molecule has 0 radical (unpaired) electrons. The molecular weight excluding hydrogens is 339 g/mol. The highest BCUT2D eigenvalue weighted by Crippen LogP contribution is 2.34. The largest absolute Gasteiger partial charge is 0.416 e. The van der Waals surface area contributed by atoms with Crippen molar-refractivity contribution in [3.05, 3.63) is 47.1 Å². The van der Waals surface area contributed by atoms with Crippen molar-refractivity contribution in [1.29, 1.82) is 0 Å². The Labute approximate surface area is 142 Å². The van der Waals surface area contributed by atoms with Crippen LogP contribution in [0.25, 0.3) is 0 Å². The molecule has 9 heteroatoms. The van der Waals surface area contributed by atoms with Crippen LogP contribution in [-0.2, 0) is 22.1 Å². The van der Waals surface area contributed by atoms with E-state index in [1.165, 1.54) is 26.0 Å². The van der Waals surface area contributed by atoms with Crippen LogP contribution in [0.4, 0.5) is 13.2 Å². The fourth-order valence-corrected chi connectivity index (χ4v) is 2.29. The summed E-state index contributed by atoms with van der Waals surface area (Å²) in [5, 5.41) is 17.0. The molecule has 0 bridgehead atoms. The summed E-state index contributed by atoms with van der Waals surface area (Å²) in [6.45, 7) is 5.83. The zero-order valence-electron chi connectivity index (χ0n) is 14.1. The molecule has 0 aliphatic carbocycles. The van der Waals surface area contributed by atoms with Crippen LogP contribution >= 0.6 is 0 Å². The zero-order chi connectivity index (χ0) is 19.0. The topological polar surface area (TPSA) is 88.2 Å². The number of amides is 1. The number of aliphatic hydroxyl groups is 1. The second kappa shape index (κ2) is 6.14. The van der Waals surface area contributed by atoms with Gasteiger partial charge in [-0.3, -0.25) is 4.79 Å². The fraction of sp³-hybridized carbons (Fsp3) is 0.438. The molecule has 136 valence electrons. The van der Waals surface area contributed by atoms with Crippen molar-refractivity contribution in [3.8, 4) is 0 Å². The first-order valence-corrected chi connectivity index (χ1v) is 7.37. The van der Waals surface area contributed by atoms with E-state index < -0.39 is 22.9 Å². The highest BCUT2D eigenvalue weighted by atomic mass is 19.4. The molecule has 0 saturated carbocycles. The molecule has 6 nitrogen and oxygen atoms in total. The molecule has 2 aromatic rings. The number of alkyl halides is 3. The average molecular weight is 357 g/mol. The number of rotatable bonds is 4. The number of nitrogens with one attached hydrogen (secondary N) is 1. The second-order valence-corrected chi connectivity index (χ2v) is 6.38. The van der Waals surface area contributed by atoms with Gasteiger partial charge < -0.3 is 14.9 Å². The standard InChI is InChI=1S/C16H18F3N3O3/c1-9(23)21-14(2,3)12-20-13(25-22-12)15(4,24)10-6-5-7-11(8-10)16(17,18)19/h5-8,24H,1-4H3,(H,21,23). The lowest BCUT2D eigenvalue weighted by Gasteiger charge is -2.22. The smallest absolute Gasteiger partial charge is 0.376 e. The van der Waals surface area contributed by atoms with Crippen molar-refractivity contribution in [1.82, 2.24) is 15.5 Å². The summed E-state index contributed by atoms with van der Waals surface area (Å²) in [6.07, 6.45) is -4.54. The molecule has 0 aliphatic rings. The summed E-state index contributed by atoms with van der Waals surface area (Å²) in [5.41, 5.74) is -3.85. The summed E-state index contributed by atoms with van der Waals surface area (Å²) in [4.78, 5) is 15.3. The number of halogens is 3. The van der Waals surface area contributed by atoms with E-state index in [-0.39, 0.29) is 23.2 Å². The molecule has 1 unspecified atom stereocenters. The third-order valence-corrected chi connectivity index (χ3v) is 3.64. The van der Waals surface area contributed by atoms with E-state index in [1.54, 1.807) is 13.8 Å². The fourth-order valence-electron chi connectivity index (χ4n) is 2.29. The SMILES string of the molecule is CC(=O)NC(C)(C)c1noc(C(C)(O)c2cccc(C(F)(F)F)c2)n1. The highest BCUT2D eigenvalue weighted by Gasteiger charge is 2.38. The predicted molar refractivity (Wildman–Crippen MR) is 81.3 cm³/mol. The summed E-state index contributed by atoms with van der Waals surface area (Å²) in [5.74, 6) is -0.508. The van der Waals surface area contributed by atoms with Crippen LogP contribution in [0, 0.1) is 0 Å². The van der Waals surface area contributed by atoms with E-state index in [0.29, 0.717) is 0 Å². The van der Waals surface area contributed by atoms with Gasteiger partial charge in [0, 0.05) is 6.92 Å². The van der Waals surface area contributed by atoms with Crippen molar-refractivity contribution in [3.63, 3.8) is 0 Å². The number of carbonyl (C=O) groups excluding carboxylic acids is 1. The van der Waals surface area contributed by atoms with Crippen LogP contribution in [0.5, 0.6) is 0 Å². The number of aromatic nitrogens is 2. The Morgan fingerprint density at radius 2 is 1.80 bits per heavy atom. The van der Waals surface area contributed by atoms with Gasteiger partial charge in [-0.05, 0) is 38.5 Å². The highest BCUT2D eigenvalue weighted by molar-refractivity contribution is 5.73. The van der Waals surface area contributed by atoms with Gasteiger partial charge in [-0.2, -0.15) is 18.2 Å². The van der Waals surface area contributed by atoms with Crippen LogP contribution in [0.3, 0.4) is 0 Å². The third-order valence-electron chi connectivity index (χ3n) is 3.64. The van der Waals surface area contributed by atoms with Gasteiger partial charge >= 0.3 is 6.18 Å². The first-order valence-electron chi connectivity index (χ1n) is 7.37. The molecule has 0 fully saturated rings. The van der Waals surface area contributed by atoms with Crippen molar-refractivity contribution in [2.75, 3.05) is 0 Å². The minimum atomic E-state index is -4.54. The van der Waals surface area contributed by atoms with E-state index in [4.69, 9.17) is 4.52 Å². The first kappa shape index (κ1) is 18.9. The van der Waals surface area contributed by atoms with Crippen LogP contribution in [-0.4, -0.2) is 21.2 Å². The van der Waals surface area contributed by atoms with Crippen molar-refractivity contribution < 1.29 is 27.6 Å². The maximum absolute atomic E-state index is 12.9. The van der Waals surface area contributed by atoms with Crippen LogP contribution in [0.1, 0.15) is 50.5 Å². The zero-order valence-corrected chi connectivity index (χ0v) is 14.1. The summed E-state index contributed by atoms with van der Waals surface area (Å²) >= 11 is 0. The minimum absolute atomic E-state index is 0.0464. The van der Waals surface area contributed by atoms with E-state index in [1.807, 2.05) is 0 Å². The molecule has 1 heterocycles. The Hall–Kier alpha value is -2.42. The molecular formula is C16H18F3N3O3. The van der Waals surface area contributed by atoms with Gasteiger partial charge in [0.25, 0.3) is 5.89 Å². The molecule has 1 amide bonds. The van der Waals surface area contributed by atoms with E-state index in [2.05, 4.69) is 15.5 Å². The molecule has 1 aromatic heterocycles. The Kier molecular flexibility index (Phi) is 4.65. The molecule has 0 spiro atoms. The lowest BCUT2D eigenvalue weighted by Crippen LogP contribution is -2.40. The van der Waals surface area contributed by atoms with Crippen molar-refractivity contribution >= 4 is 5.91 Å². The Morgan fingerprint density at radius 1 is 1.20 bits per heavy atom. The minimum Gasteiger partial charge on any atom is -0.376 e. The average Bonchev–Trinajstić information content (AvgIpc) is 2.96. The lowest BCUT2D eigenvalue weighted by molar-refractivity contribution is -0.137. The van der Waals surface area contributed by atoms with Gasteiger partial charge in [0.2, 0.25) is 5.91 Å². The number of nitrogens with zero attached hydrogens (tertiary/aromatic N) is 2. The third kappa shape index (κ3) is 3.98. The van der Waals surface area contributed by atoms with Gasteiger partial charge in [-0.25, -0.2) is 0 Å². The molecule has 0 saturated heterocycles. The summed E-state index contributed by atoms with van der Waals surface area (Å²) < 4.78 is 43.6. The summed E-state index contributed by atoms with van der Waals surface area (Å²) in [7, 11) is 0.